The Balaban J connectivity index is 1.87. The highest BCUT2D eigenvalue weighted by Crippen LogP contribution is 2.42. The Hall–Kier alpha value is -0.790. The highest BCUT2D eigenvalue weighted by atomic mass is 79.9. The maximum atomic E-state index is 6.49. The number of benzene rings is 2. The van der Waals surface area contributed by atoms with Crippen LogP contribution in [0.4, 0.5) is 0 Å². The summed E-state index contributed by atoms with van der Waals surface area (Å²) in [4.78, 5) is 0.331. The molecular formula is C19H20BrCl. The summed E-state index contributed by atoms with van der Waals surface area (Å²) in [5.41, 5.74) is 6.83. The van der Waals surface area contributed by atoms with Crippen LogP contribution in [0.25, 0.3) is 0 Å². The normalized spacial score (nSPS) is 19.1. The molecule has 0 saturated carbocycles. The zero-order valence-electron chi connectivity index (χ0n) is 12.5. The lowest BCUT2D eigenvalue weighted by molar-refractivity contribution is 0.453. The Morgan fingerprint density at radius 3 is 2.52 bits per heavy atom. The first kappa shape index (κ1) is 15.1. The molecule has 0 amide bonds. The molecule has 0 nitrogen and oxygen atoms in total. The third kappa shape index (κ3) is 3.05. The number of hydrogen-bond acceptors (Lipinski definition) is 0. The molecule has 1 aliphatic rings. The number of fused-ring (bicyclic) bond motifs is 1. The molecule has 0 fully saturated rings. The van der Waals surface area contributed by atoms with Gasteiger partial charge in [-0.2, -0.15) is 0 Å². The summed E-state index contributed by atoms with van der Waals surface area (Å²) in [5, 5.41) is 0.888. The molecule has 2 unspecified atom stereocenters. The molecule has 0 N–H and O–H groups in total. The third-order valence-corrected chi connectivity index (χ3v) is 6.28. The Bertz CT molecular complexity index is 663. The summed E-state index contributed by atoms with van der Waals surface area (Å²) in [5.74, 6) is 0.611. The minimum absolute atomic E-state index is 0.331. The summed E-state index contributed by atoms with van der Waals surface area (Å²) in [7, 11) is 0. The van der Waals surface area contributed by atoms with Crippen molar-refractivity contribution in [3.8, 4) is 0 Å². The second-order valence-corrected chi connectivity index (χ2v) is 7.53. The highest BCUT2D eigenvalue weighted by Gasteiger charge is 2.27. The predicted molar refractivity (Wildman–Crippen MR) is 94.6 cm³/mol. The van der Waals surface area contributed by atoms with E-state index in [2.05, 4.69) is 66.2 Å². The smallest absolute Gasteiger partial charge is 0.0452 e. The number of aryl methyl sites for hydroxylation is 3. The second kappa shape index (κ2) is 6.14. The molecule has 0 saturated heterocycles. The van der Waals surface area contributed by atoms with Crippen LogP contribution in [0, 0.1) is 19.8 Å². The number of hydrogen-bond donors (Lipinski definition) is 0. The van der Waals surface area contributed by atoms with E-state index in [0.29, 0.717) is 10.7 Å². The minimum Gasteiger partial charge on any atom is -0.0840 e. The van der Waals surface area contributed by atoms with Gasteiger partial charge in [0.1, 0.15) is 0 Å². The third-order valence-electron chi connectivity index (χ3n) is 4.71. The van der Waals surface area contributed by atoms with Gasteiger partial charge in [-0.05, 0) is 72.9 Å². The van der Waals surface area contributed by atoms with Crippen LogP contribution in [0.5, 0.6) is 0 Å². The van der Waals surface area contributed by atoms with E-state index >= 15 is 0 Å². The molecule has 0 radical (unpaired) electrons. The lowest BCUT2D eigenvalue weighted by atomic mass is 9.80. The van der Waals surface area contributed by atoms with Crippen molar-refractivity contribution in [1.82, 2.24) is 0 Å². The van der Waals surface area contributed by atoms with Gasteiger partial charge < -0.3 is 0 Å². The molecule has 0 aromatic heterocycles. The molecule has 0 bridgehead atoms. The Morgan fingerprint density at radius 1 is 1.10 bits per heavy atom. The standard InChI is InChI=1S/C19H20BrCl/c1-12-9-17(18(21)10-13(12)2)19(20)16-8-7-14-5-3-4-6-15(14)11-16/h3-6,9-10,16,19H,7-8,11H2,1-2H3. The van der Waals surface area contributed by atoms with Crippen LogP contribution < -0.4 is 0 Å². The van der Waals surface area contributed by atoms with Crippen molar-refractivity contribution in [3.63, 3.8) is 0 Å². The first-order chi connectivity index (χ1) is 10.1. The van der Waals surface area contributed by atoms with Crippen molar-refractivity contribution in [2.24, 2.45) is 5.92 Å². The molecule has 2 aromatic carbocycles. The monoisotopic (exact) mass is 362 g/mol. The number of alkyl halides is 1. The van der Waals surface area contributed by atoms with Crippen molar-refractivity contribution in [2.75, 3.05) is 0 Å². The van der Waals surface area contributed by atoms with E-state index in [1.807, 2.05) is 0 Å². The average molecular weight is 364 g/mol. The fourth-order valence-electron chi connectivity index (χ4n) is 3.24. The number of halogens is 2. The molecule has 0 spiro atoms. The van der Waals surface area contributed by atoms with Crippen LogP contribution in [-0.4, -0.2) is 0 Å². The zero-order chi connectivity index (χ0) is 15.0. The predicted octanol–water partition coefficient (Wildman–Crippen LogP) is 6.20. The lowest BCUT2D eigenvalue weighted by Crippen LogP contribution is -2.18. The first-order valence-corrected chi connectivity index (χ1v) is 8.83. The first-order valence-electron chi connectivity index (χ1n) is 7.53. The van der Waals surface area contributed by atoms with E-state index < -0.39 is 0 Å². The van der Waals surface area contributed by atoms with Gasteiger partial charge in [0.15, 0.2) is 0 Å². The lowest BCUT2D eigenvalue weighted by Gasteiger charge is -2.29. The highest BCUT2D eigenvalue weighted by molar-refractivity contribution is 9.09. The van der Waals surface area contributed by atoms with Gasteiger partial charge in [0.05, 0.1) is 0 Å². The summed E-state index contributed by atoms with van der Waals surface area (Å²) in [6.45, 7) is 4.27. The van der Waals surface area contributed by atoms with Gasteiger partial charge in [-0.25, -0.2) is 0 Å². The molecule has 3 rings (SSSR count). The van der Waals surface area contributed by atoms with Crippen molar-refractivity contribution in [3.05, 3.63) is 69.2 Å². The van der Waals surface area contributed by atoms with Gasteiger partial charge in [0.25, 0.3) is 0 Å². The van der Waals surface area contributed by atoms with Crippen molar-refractivity contribution < 1.29 is 0 Å². The maximum Gasteiger partial charge on any atom is 0.0452 e. The molecular weight excluding hydrogens is 344 g/mol. The topological polar surface area (TPSA) is 0 Å². The van der Waals surface area contributed by atoms with E-state index in [0.717, 1.165) is 11.4 Å². The quantitative estimate of drug-likeness (QED) is 0.557. The van der Waals surface area contributed by atoms with E-state index in [1.165, 1.54) is 40.7 Å². The Labute approximate surface area is 140 Å². The van der Waals surface area contributed by atoms with Gasteiger partial charge in [0.2, 0.25) is 0 Å². The van der Waals surface area contributed by atoms with Crippen LogP contribution in [0.3, 0.4) is 0 Å². The van der Waals surface area contributed by atoms with E-state index in [-0.39, 0.29) is 0 Å². The van der Waals surface area contributed by atoms with Crippen LogP contribution >= 0.6 is 27.5 Å². The fraction of sp³-hybridized carbons (Fsp3) is 0.368. The van der Waals surface area contributed by atoms with Gasteiger partial charge in [-0.1, -0.05) is 57.9 Å². The van der Waals surface area contributed by atoms with Crippen LogP contribution in [0.1, 0.15) is 39.1 Å². The maximum absolute atomic E-state index is 6.49. The van der Waals surface area contributed by atoms with Gasteiger partial charge in [-0.15, -0.1) is 0 Å². The second-order valence-electron chi connectivity index (χ2n) is 6.13. The zero-order valence-corrected chi connectivity index (χ0v) is 14.8. The SMILES string of the molecule is Cc1cc(Cl)c(C(Br)C2CCc3ccccc3C2)cc1C. The van der Waals surface area contributed by atoms with Gasteiger partial charge >= 0.3 is 0 Å². The Kier molecular flexibility index (Phi) is 4.42. The summed E-state index contributed by atoms with van der Waals surface area (Å²) < 4.78 is 0. The molecule has 2 aromatic rings. The summed E-state index contributed by atoms with van der Waals surface area (Å²) >= 11 is 10.4. The molecule has 0 aliphatic heterocycles. The van der Waals surface area contributed by atoms with E-state index in [9.17, 15) is 0 Å². The largest absolute Gasteiger partial charge is 0.0840 e. The van der Waals surface area contributed by atoms with E-state index in [4.69, 9.17) is 11.6 Å². The van der Waals surface area contributed by atoms with E-state index in [1.54, 1.807) is 0 Å². The molecule has 1 aliphatic carbocycles. The molecule has 2 atom stereocenters. The molecule has 110 valence electrons. The summed E-state index contributed by atoms with van der Waals surface area (Å²) in [6.07, 6.45) is 3.52. The number of rotatable bonds is 2. The van der Waals surface area contributed by atoms with Crippen LogP contribution in [0.15, 0.2) is 36.4 Å². The van der Waals surface area contributed by atoms with Gasteiger partial charge in [0, 0.05) is 9.85 Å². The molecule has 0 heterocycles. The average Bonchev–Trinajstić information content (AvgIpc) is 2.50. The molecule has 2 heteroatoms. The van der Waals surface area contributed by atoms with Crippen molar-refractivity contribution >= 4 is 27.5 Å². The fourth-order valence-corrected chi connectivity index (χ4v) is 4.54. The van der Waals surface area contributed by atoms with Crippen molar-refractivity contribution in [1.29, 1.82) is 0 Å². The molecule has 21 heavy (non-hydrogen) atoms. The minimum atomic E-state index is 0.331. The van der Waals surface area contributed by atoms with Crippen LogP contribution in [0.2, 0.25) is 5.02 Å². The Morgan fingerprint density at radius 2 is 1.76 bits per heavy atom. The summed E-state index contributed by atoms with van der Waals surface area (Å²) in [6, 6.07) is 13.2. The van der Waals surface area contributed by atoms with Crippen LogP contribution in [-0.2, 0) is 12.8 Å². The van der Waals surface area contributed by atoms with Gasteiger partial charge in [-0.3, -0.25) is 0 Å². The van der Waals surface area contributed by atoms with Crippen molar-refractivity contribution in [2.45, 2.75) is 37.9 Å².